The highest BCUT2D eigenvalue weighted by molar-refractivity contribution is 7.80. The number of nitrogens with zero attached hydrogens (tertiary/aromatic N) is 1. The second-order valence-electron chi connectivity index (χ2n) is 3.24. The van der Waals surface area contributed by atoms with Crippen LogP contribution in [0.25, 0.3) is 0 Å². The Morgan fingerprint density at radius 2 is 2.15 bits per heavy atom. The maximum atomic E-state index is 11.5. The van der Waals surface area contributed by atoms with Gasteiger partial charge in [-0.05, 0) is 13.3 Å². The van der Waals surface area contributed by atoms with Crippen LogP contribution in [0.4, 0.5) is 0 Å². The Morgan fingerprint density at radius 3 is 2.54 bits per heavy atom. The number of carbonyl (C=O) groups excluding carboxylic acids is 1. The average molecular weight is 202 g/mol. The molecule has 76 valence electrons. The van der Waals surface area contributed by atoms with E-state index < -0.39 is 0 Å². The Balaban J connectivity index is 4.01. The molecule has 0 aromatic heterocycles. The Morgan fingerprint density at radius 1 is 1.62 bits per heavy atom. The number of amides is 1. The van der Waals surface area contributed by atoms with Crippen molar-refractivity contribution in [3.8, 4) is 0 Å². The molecule has 0 bridgehead atoms. The first-order chi connectivity index (χ1) is 6.00. The van der Waals surface area contributed by atoms with Crippen LogP contribution in [0.5, 0.6) is 0 Å². The molecule has 0 fully saturated rings. The van der Waals surface area contributed by atoms with Crippen molar-refractivity contribution in [3.63, 3.8) is 0 Å². The third kappa shape index (κ3) is 4.22. The minimum Gasteiger partial charge on any atom is -0.393 e. The molecule has 3 nitrogen and oxygen atoms in total. The molecule has 0 radical (unpaired) electrons. The zero-order chi connectivity index (χ0) is 10.4. The number of hydrogen-bond donors (Lipinski definition) is 1. The molecular formula is C9H18N2OS. The molecule has 0 aromatic carbocycles. The van der Waals surface area contributed by atoms with Gasteiger partial charge in [-0.25, -0.2) is 0 Å². The van der Waals surface area contributed by atoms with Crippen LogP contribution >= 0.6 is 12.2 Å². The van der Waals surface area contributed by atoms with Gasteiger partial charge in [0.1, 0.15) is 0 Å². The van der Waals surface area contributed by atoms with Gasteiger partial charge in [-0.1, -0.05) is 25.6 Å². The van der Waals surface area contributed by atoms with E-state index >= 15 is 0 Å². The van der Waals surface area contributed by atoms with Gasteiger partial charge in [0.15, 0.2) is 0 Å². The van der Waals surface area contributed by atoms with Crippen molar-refractivity contribution in [2.45, 2.75) is 26.7 Å². The Hall–Kier alpha value is -0.640. The zero-order valence-corrected chi connectivity index (χ0v) is 9.36. The lowest BCUT2D eigenvalue weighted by atomic mass is 10.1. The van der Waals surface area contributed by atoms with Crippen molar-refractivity contribution < 1.29 is 4.79 Å². The fourth-order valence-electron chi connectivity index (χ4n) is 0.958. The van der Waals surface area contributed by atoms with Gasteiger partial charge < -0.3 is 10.6 Å². The Bertz CT molecular complexity index is 194. The summed E-state index contributed by atoms with van der Waals surface area (Å²) >= 11 is 4.76. The van der Waals surface area contributed by atoms with Crippen LogP contribution in [0.2, 0.25) is 0 Å². The van der Waals surface area contributed by atoms with E-state index in [0.717, 1.165) is 19.4 Å². The van der Waals surface area contributed by atoms with E-state index in [1.807, 2.05) is 0 Å². The number of thiocarbonyl (C=S) groups is 1. The SMILES string of the molecule is CCCCN(C)C(=O)C(C)C(N)=S. The largest absolute Gasteiger partial charge is 0.393 e. The first-order valence-electron chi connectivity index (χ1n) is 4.55. The molecule has 0 saturated carbocycles. The summed E-state index contributed by atoms with van der Waals surface area (Å²) in [5.41, 5.74) is 5.39. The van der Waals surface area contributed by atoms with Crippen LogP contribution in [0.15, 0.2) is 0 Å². The van der Waals surface area contributed by atoms with Crippen molar-refractivity contribution in [2.24, 2.45) is 11.7 Å². The van der Waals surface area contributed by atoms with Crippen molar-refractivity contribution in [1.29, 1.82) is 0 Å². The summed E-state index contributed by atoms with van der Waals surface area (Å²) in [7, 11) is 1.78. The maximum Gasteiger partial charge on any atom is 0.231 e. The number of nitrogens with two attached hydrogens (primary N) is 1. The molecule has 1 amide bonds. The van der Waals surface area contributed by atoms with Gasteiger partial charge in [0.2, 0.25) is 5.91 Å². The van der Waals surface area contributed by atoms with Crippen LogP contribution in [0, 0.1) is 5.92 Å². The van der Waals surface area contributed by atoms with E-state index in [9.17, 15) is 4.79 Å². The van der Waals surface area contributed by atoms with Crippen LogP contribution in [-0.4, -0.2) is 29.4 Å². The molecule has 0 aliphatic rings. The molecule has 0 aliphatic heterocycles. The van der Waals surface area contributed by atoms with Gasteiger partial charge in [-0.3, -0.25) is 4.79 Å². The Labute approximate surface area is 85.3 Å². The second-order valence-corrected chi connectivity index (χ2v) is 3.71. The molecule has 13 heavy (non-hydrogen) atoms. The highest BCUT2D eigenvalue weighted by Gasteiger charge is 2.18. The number of unbranched alkanes of at least 4 members (excludes halogenated alkanes) is 1. The van der Waals surface area contributed by atoms with E-state index in [2.05, 4.69) is 6.92 Å². The first-order valence-corrected chi connectivity index (χ1v) is 4.95. The van der Waals surface area contributed by atoms with E-state index in [1.54, 1.807) is 18.9 Å². The van der Waals surface area contributed by atoms with Gasteiger partial charge in [-0.15, -0.1) is 0 Å². The zero-order valence-electron chi connectivity index (χ0n) is 8.54. The normalized spacial score (nSPS) is 12.2. The summed E-state index contributed by atoms with van der Waals surface area (Å²) in [5, 5.41) is 0. The van der Waals surface area contributed by atoms with Crippen LogP contribution in [0.3, 0.4) is 0 Å². The molecule has 0 aromatic rings. The molecule has 0 spiro atoms. The van der Waals surface area contributed by atoms with Gasteiger partial charge in [0.25, 0.3) is 0 Å². The standard InChI is InChI=1S/C9H18N2OS/c1-4-5-6-11(3)9(12)7(2)8(10)13/h7H,4-6H2,1-3H3,(H2,10,13). The van der Waals surface area contributed by atoms with Crippen molar-refractivity contribution in [1.82, 2.24) is 4.90 Å². The van der Waals surface area contributed by atoms with Crippen molar-refractivity contribution in [3.05, 3.63) is 0 Å². The number of hydrogen-bond acceptors (Lipinski definition) is 2. The quantitative estimate of drug-likeness (QED) is 0.681. The fraction of sp³-hybridized carbons (Fsp3) is 0.778. The summed E-state index contributed by atoms with van der Waals surface area (Å²) in [6.07, 6.45) is 2.10. The lowest BCUT2D eigenvalue weighted by Gasteiger charge is -2.20. The number of carbonyl (C=O) groups is 1. The summed E-state index contributed by atoms with van der Waals surface area (Å²) in [5.74, 6) is -0.321. The predicted octanol–water partition coefficient (Wildman–Crippen LogP) is 1.17. The molecular weight excluding hydrogens is 184 g/mol. The monoisotopic (exact) mass is 202 g/mol. The summed E-state index contributed by atoms with van der Waals surface area (Å²) in [6, 6.07) is 0. The highest BCUT2D eigenvalue weighted by atomic mass is 32.1. The lowest BCUT2D eigenvalue weighted by Crippen LogP contribution is -2.37. The van der Waals surface area contributed by atoms with E-state index in [-0.39, 0.29) is 16.8 Å². The molecule has 1 unspecified atom stereocenters. The molecule has 2 N–H and O–H groups in total. The maximum absolute atomic E-state index is 11.5. The second kappa shape index (κ2) is 5.91. The highest BCUT2D eigenvalue weighted by Crippen LogP contribution is 2.02. The first kappa shape index (κ1) is 12.4. The van der Waals surface area contributed by atoms with Crippen molar-refractivity contribution >= 4 is 23.1 Å². The molecule has 0 aliphatic carbocycles. The van der Waals surface area contributed by atoms with Gasteiger partial charge in [0, 0.05) is 13.6 Å². The van der Waals surface area contributed by atoms with Gasteiger partial charge in [0.05, 0.1) is 10.9 Å². The van der Waals surface area contributed by atoms with Crippen LogP contribution in [-0.2, 0) is 4.79 Å². The molecule has 4 heteroatoms. The molecule has 1 atom stereocenters. The molecule has 0 heterocycles. The third-order valence-corrected chi connectivity index (χ3v) is 2.37. The van der Waals surface area contributed by atoms with E-state index in [0.29, 0.717) is 0 Å². The summed E-state index contributed by atoms with van der Waals surface area (Å²) in [4.78, 5) is 13.5. The number of rotatable bonds is 5. The minimum atomic E-state index is -0.336. The molecule has 0 rings (SSSR count). The summed E-state index contributed by atoms with van der Waals surface area (Å²) in [6.45, 7) is 4.62. The lowest BCUT2D eigenvalue weighted by molar-refractivity contribution is -0.131. The fourth-order valence-corrected chi connectivity index (χ4v) is 1.06. The minimum absolute atomic E-state index is 0.0148. The van der Waals surface area contributed by atoms with Crippen LogP contribution < -0.4 is 5.73 Å². The predicted molar refractivity (Wildman–Crippen MR) is 58.5 cm³/mol. The van der Waals surface area contributed by atoms with Gasteiger partial charge in [-0.2, -0.15) is 0 Å². The van der Waals surface area contributed by atoms with Gasteiger partial charge >= 0.3 is 0 Å². The smallest absolute Gasteiger partial charge is 0.231 e. The van der Waals surface area contributed by atoms with Crippen LogP contribution in [0.1, 0.15) is 26.7 Å². The third-order valence-electron chi connectivity index (χ3n) is 2.02. The molecule has 0 saturated heterocycles. The topological polar surface area (TPSA) is 46.3 Å². The average Bonchev–Trinajstić information content (AvgIpc) is 2.11. The Kier molecular flexibility index (Phi) is 5.62. The van der Waals surface area contributed by atoms with Crippen molar-refractivity contribution in [2.75, 3.05) is 13.6 Å². The van der Waals surface area contributed by atoms with E-state index in [1.165, 1.54) is 0 Å². The summed E-state index contributed by atoms with van der Waals surface area (Å²) < 4.78 is 0. The van der Waals surface area contributed by atoms with E-state index in [4.69, 9.17) is 18.0 Å².